The minimum absolute atomic E-state index is 0.102. The molecule has 0 atom stereocenters. The molecule has 2 heterocycles. The third-order valence-corrected chi connectivity index (χ3v) is 6.09. The van der Waals surface area contributed by atoms with Crippen molar-refractivity contribution in [2.75, 3.05) is 13.7 Å². The van der Waals surface area contributed by atoms with Crippen molar-refractivity contribution in [3.8, 4) is 17.1 Å². The van der Waals surface area contributed by atoms with Crippen LogP contribution in [0.3, 0.4) is 0 Å². The Bertz CT molecular complexity index is 1390. The lowest BCUT2D eigenvalue weighted by atomic mass is 10.1. The summed E-state index contributed by atoms with van der Waals surface area (Å²) in [4.78, 5) is 41.0. The minimum Gasteiger partial charge on any atom is -0.496 e. The first-order valence-electron chi connectivity index (χ1n) is 10.4. The number of carbonyl (C=O) groups is 2. The number of amides is 1. The molecular formula is C24H19N3O7S. The first-order chi connectivity index (χ1) is 16.8. The maximum Gasteiger partial charge on any atom is 0.335 e. The summed E-state index contributed by atoms with van der Waals surface area (Å²) in [6.45, 7) is 2.19. The number of hydrogen-bond acceptors (Lipinski definition) is 8. The van der Waals surface area contributed by atoms with Gasteiger partial charge in [0.15, 0.2) is 5.17 Å². The van der Waals surface area contributed by atoms with Gasteiger partial charge in [-0.15, -0.1) is 0 Å². The second-order valence-corrected chi connectivity index (χ2v) is 8.26. The number of nitrogens with zero attached hydrogens (tertiary/aromatic N) is 3. The molecule has 0 saturated carbocycles. The summed E-state index contributed by atoms with van der Waals surface area (Å²) in [7, 11) is 1.41. The van der Waals surface area contributed by atoms with Gasteiger partial charge >= 0.3 is 5.97 Å². The number of aromatic carboxylic acids is 1. The summed E-state index contributed by atoms with van der Waals surface area (Å²) < 4.78 is 11.1. The molecule has 0 radical (unpaired) electrons. The smallest absolute Gasteiger partial charge is 0.335 e. The number of carbonyl (C=O) groups excluding carboxylic acids is 1. The number of carboxylic acids is 1. The van der Waals surface area contributed by atoms with Gasteiger partial charge in [0.1, 0.15) is 17.3 Å². The molecule has 1 fully saturated rings. The van der Waals surface area contributed by atoms with Crippen molar-refractivity contribution >= 4 is 46.3 Å². The van der Waals surface area contributed by atoms with Crippen molar-refractivity contribution < 1.29 is 28.8 Å². The Morgan fingerprint density at radius 2 is 2.06 bits per heavy atom. The number of hydrogen-bond donors (Lipinski definition) is 1. The minimum atomic E-state index is -1.06. The van der Waals surface area contributed by atoms with E-state index in [-0.39, 0.29) is 22.9 Å². The molecule has 4 rings (SSSR count). The lowest BCUT2D eigenvalue weighted by Crippen LogP contribution is -2.28. The van der Waals surface area contributed by atoms with E-state index in [1.807, 2.05) is 6.92 Å². The fourth-order valence-electron chi connectivity index (χ4n) is 3.39. The quantitative estimate of drug-likeness (QED) is 0.270. The van der Waals surface area contributed by atoms with Crippen LogP contribution < -0.4 is 4.74 Å². The monoisotopic (exact) mass is 493 g/mol. The fraction of sp³-hybridized carbons (Fsp3) is 0.125. The van der Waals surface area contributed by atoms with E-state index in [2.05, 4.69) is 4.99 Å². The highest BCUT2D eigenvalue weighted by Crippen LogP contribution is 2.37. The largest absolute Gasteiger partial charge is 0.496 e. The van der Waals surface area contributed by atoms with Crippen molar-refractivity contribution in [2.24, 2.45) is 4.99 Å². The van der Waals surface area contributed by atoms with Crippen LogP contribution in [0.1, 0.15) is 23.0 Å². The molecule has 1 aliphatic heterocycles. The highest BCUT2D eigenvalue weighted by molar-refractivity contribution is 8.18. The van der Waals surface area contributed by atoms with Gasteiger partial charge in [-0.1, -0.05) is 6.07 Å². The van der Waals surface area contributed by atoms with Gasteiger partial charge in [0.2, 0.25) is 0 Å². The van der Waals surface area contributed by atoms with E-state index in [1.54, 1.807) is 30.3 Å². The Labute approximate surface area is 203 Å². The number of furan rings is 1. The Morgan fingerprint density at radius 3 is 2.74 bits per heavy atom. The van der Waals surface area contributed by atoms with E-state index in [9.17, 15) is 24.8 Å². The van der Waals surface area contributed by atoms with E-state index >= 15 is 0 Å². The van der Waals surface area contributed by atoms with Crippen molar-refractivity contribution in [2.45, 2.75) is 6.92 Å². The maximum atomic E-state index is 12.9. The van der Waals surface area contributed by atoms with Crippen LogP contribution in [0.4, 0.5) is 11.4 Å². The van der Waals surface area contributed by atoms with Gasteiger partial charge in [0.05, 0.1) is 39.8 Å². The van der Waals surface area contributed by atoms with Gasteiger partial charge in [-0.3, -0.25) is 19.8 Å². The second-order valence-electron chi connectivity index (χ2n) is 7.25. The number of benzene rings is 2. The molecule has 1 saturated heterocycles. The van der Waals surface area contributed by atoms with Crippen LogP contribution in [0, 0.1) is 10.1 Å². The molecule has 10 nitrogen and oxygen atoms in total. The first-order valence-corrected chi connectivity index (χ1v) is 11.2. The highest BCUT2D eigenvalue weighted by Gasteiger charge is 2.32. The van der Waals surface area contributed by atoms with Crippen LogP contribution in [0.2, 0.25) is 0 Å². The van der Waals surface area contributed by atoms with Gasteiger partial charge in [-0.05, 0) is 55.1 Å². The molecule has 0 aliphatic carbocycles. The number of thioether (sulfide) groups is 1. The summed E-state index contributed by atoms with van der Waals surface area (Å²) in [5.74, 6) is -0.202. The summed E-state index contributed by atoms with van der Waals surface area (Å²) in [5.41, 5.74) is 0.951. The van der Waals surface area contributed by atoms with Crippen molar-refractivity contribution in [1.29, 1.82) is 0 Å². The molecule has 0 spiro atoms. The molecule has 0 bridgehead atoms. The van der Waals surface area contributed by atoms with Crippen LogP contribution in [0.5, 0.6) is 5.75 Å². The fourth-order valence-corrected chi connectivity index (χ4v) is 4.43. The zero-order valence-corrected chi connectivity index (χ0v) is 19.4. The van der Waals surface area contributed by atoms with Crippen LogP contribution >= 0.6 is 11.8 Å². The molecular weight excluding hydrogens is 474 g/mol. The number of likely N-dealkylation sites (N-methyl/N-ethyl adjacent to an activating group) is 1. The number of nitro groups is 1. The lowest BCUT2D eigenvalue weighted by molar-refractivity contribution is -0.384. The van der Waals surface area contributed by atoms with Gasteiger partial charge in [-0.2, -0.15) is 0 Å². The van der Waals surface area contributed by atoms with Gasteiger partial charge in [-0.25, -0.2) is 9.79 Å². The zero-order chi connectivity index (χ0) is 25.1. The second kappa shape index (κ2) is 9.85. The summed E-state index contributed by atoms with van der Waals surface area (Å²) in [5, 5.41) is 20.7. The SMILES string of the molecule is CCN1C(=O)/C(=C/c2ccc(-c3ccc([N+](=O)[O-])cc3OC)o2)SC1=Nc1cccc(C(=O)O)c1. The zero-order valence-electron chi connectivity index (χ0n) is 18.6. The van der Waals surface area contributed by atoms with Crippen LogP contribution in [-0.4, -0.2) is 45.6 Å². The topological polar surface area (TPSA) is 135 Å². The predicted octanol–water partition coefficient (Wildman–Crippen LogP) is 5.19. The Morgan fingerprint density at radius 1 is 1.26 bits per heavy atom. The van der Waals surface area contributed by atoms with Crippen LogP contribution in [-0.2, 0) is 4.79 Å². The van der Waals surface area contributed by atoms with E-state index in [0.717, 1.165) is 11.8 Å². The summed E-state index contributed by atoms with van der Waals surface area (Å²) in [6.07, 6.45) is 1.59. The average molecular weight is 493 g/mol. The lowest BCUT2D eigenvalue weighted by Gasteiger charge is -2.12. The number of non-ortho nitro benzene ring substituents is 1. The predicted molar refractivity (Wildman–Crippen MR) is 131 cm³/mol. The van der Waals surface area contributed by atoms with Crippen molar-refractivity contribution in [3.63, 3.8) is 0 Å². The molecule has 1 N–H and O–H groups in total. The maximum absolute atomic E-state index is 12.9. The average Bonchev–Trinajstić information content (AvgIpc) is 3.42. The molecule has 11 heteroatoms. The Kier molecular flexibility index (Phi) is 6.69. The van der Waals surface area contributed by atoms with E-state index in [0.29, 0.717) is 39.4 Å². The van der Waals surface area contributed by atoms with Crippen LogP contribution in [0.25, 0.3) is 17.4 Å². The Hall–Kier alpha value is -4.38. The standard InChI is InChI=1S/C24H19N3O7S/c1-3-26-22(28)21(35-24(26)25-15-6-4-5-14(11-15)23(29)30)13-17-8-10-19(34-17)18-9-7-16(27(31)32)12-20(18)33-2/h4-13H,3H2,1-2H3,(H,29,30)/b21-13-,25-24?. The van der Waals surface area contributed by atoms with E-state index in [4.69, 9.17) is 9.15 Å². The normalized spacial score (nSPS) is 15.7. The summed E-state index contributed by atoms with van der Waals surface area (Å²) in [6, 6.07) is 13.7. The van der Waals surface area contributed by atoms with Gasteiger partial charge in [0.25, 0.3) is 11.6 Å². The number of rotatable bonds is 7. The third-order valence-electron chi connectivity index (χ3n) is 5.08. The van der Waals surface area contributed by atoms with Gasteiger partial charge in [0, 0.05) is 18.7 Å². The number of aliphatic imine (C=N–C) groups is 1. The number of ether oxygens (including phenoxy) is 1. The molecule has 0 unspecified atom stereocenters. The molecule has 1 amide bonds. The van der Waals surface area contributed by atoms with Gasteiger partial charge < -0.3 is 14.3 Å². The molecule has 1 aromatic heterocycles. The Balaban J connectivity index is 1.63. The van der Waals surface area contributed by atoms with E-state index in [1.165, 1.54) is 42.3 Å². The van der Waals surface area contributed by atoms with Crippen LogP contribution in [0.15, 0.2) is 68.9 Å². The number of methoxy groups -OCH3 is 1. The highest BCUT2D eigenvalue weighted by atomic mass is 32.2. The molecule has 2 aromatic carbocycles. The summed E-state index contributed by atoms with van der Waals surface area (Å²) >= 11 is 1.15. The molecule has 35 heavy (non-hydrogen) atoms. The van der Waals surface area contributed by atoms with Crippen molar-refractivity contribution in [1.82, 2.24) is 4.90 Å². The number of carboxylic acid groups (broad SMARTS) is 1. The van der Waals surface area contributed by atoms with E-state index < -0.39 is 10.9 Å². The number of nitro benzene ring substituents is 1. The molecule has 3 aromatic rings. The molecule has 1 aliphatic rings. The number of amidine groups is 1. The molecule has 178 valence electrons. The van der Waals surface area contributed by atoms with Crippen molar-refractivity contribution in [3.05, 3.63) is 80.9 Å². The third kappa shape index (κ3) is 4.94. The first kappa shape index (κ1) is 23.8.